The molecule has 37 heavy (non-hydrogen) atoms. The molecule has 0 spiro atoms. The fourth-order valence-electron chi connectivity index (χ4n) is 5.38. The van der Waals surface area contributed by atoms with E-state index in [0.29, 0.717) is 5.69 Å². The van der Waals surface area contributed by atoms with Crippen molar-refractivity contribution in [2.45, 2.75) is 43.0 Å². The monoisotopic (exact) mass is 542 g/mol. The molecule has 1 unspecified atom stereocenters. The van der Waals surface area contributed by atoms with Crippen LogP contribution in [0.25, 0.3) is 10.4 Å². The van der Waals surface area contributed by atoms with Crippen LogP contribution in [0, 0.1) is 11.7 Å². The number of sulfonamides is 1. The number of thiophene rings is 1. The number of halogens is 1. The van der Waals surface area contributed by atoms with Crippen LogP contribution in [0.5, 0.6) is 0 Å². The molecule has 1 aliphatic heterocycles. The largest absolute Gasteiger partial charge is 0.477 e. The molecule has 1 atom stereocenters. The number of carboxylic acids is 1. The van der Waals surface area contributed by atoms with Crippen molar-refractivity contribution in [2.75, 3.05) is 18.0 Å². The highest BCUT2D eigenvalue weighted by Crippen LogP contribution is 2.42. The van der Waals surface area contributed by atoms with Gasteiger partial charge in [-0.05, 0) is 48.6 Å². The zero-order chi connectivity index (χ0) is 26.2. The Kier molecular flexibility index (Phi) is 7.15. The smallest absolute Gasteiger partial charge is 0.348 e. The molecular weight excluding hydrogens is 515 g/mol. The van der Waals surface area contributed by atoms with Gasteiger partial charge in [-0.1, -0.05) is 55.7 Å². The summed E-state index contributed by atoms with van der Waals surface area (Å²) in [4.78, 5) is 28.0. The van der Waals surface area contributed by atoms with Crippen LogP contribution in [0.3, 0.4) is 0 Å². The normalized spacial score (nSPS) is 19.8. The maximum atomic E-state index is 13.8. The van der Waals surface area contributed by atoms with E-state index in [-0.39, 0.29) is 22.2 Å². The van der Waals surface area contributed by atoms with Gasteiger partial charge < -0.3 is 10.0 Å². The molecular formula is C27H27FN2O5S2. The maximum Gasteiger partial charge on any atom is 0.348 e. The van der Waals surface area contributed by atoms with Crippen molar-refractivity contribution >= 4 is 38.9 Å². The van der Waals surface area contributed by atoms with Crippen molar-refractivity contribution in [1.82, 2.24) is 4.31 Å². The molecule has 194 valence electrons. The van der Waals surface area contributed by atoms with Crippen LogP contribution in [0.2, 0.25) is 0 Å². The van der Waals surface area contributed by atoms with Crippen molar-refractivity contribution in [3.63, 3.8) is 0 Å². The molecule has 1 saturated heterocycles. The number of piperazine rings is 1. The van der Waals surface area contributed by atoms with Crippen LogP contribution in [0.1, 0.15) is 41.8 Å². The minimum Gasteiger partial charge on any atom is -0.477 e. The number of carbonyl (C=O) groups is 2. The Bertz CT molecular complexity index is 1420. The van der Waals surface area contributed by atoms with Gasteiger partial charge in [-0.3, -0.25) is 4.79 Å². The summed E-state index contributed by atoms with van der Waals surface area (Å²) in [5, 5.41) is 10.0. The van der Waals surface area contributed by atoms with Crippen molar-refractivity contribution in [3.05, 3.63) is 71.4 Å². The molecule has 1 amide bonds. The van der Waals surface area contributed by atoms with Crippen molar-refractivity contribution in [1.29, 1.82) is 0 Å². The highest BCUT2D eigenvalue weighted by molar-refractivity contribution is 7.89. The van der Waals surface area contributed by atoms with Crippen LogP contribution >= 0.6 is 11.3 Å². The van der Waals surface area contributed by atoms with Crippen LogP contribution in [-0.4, -0.2) is 48.8 Å². The molecule has 3 aromatic rings. The summed E-state index contributed by atoms with van der Waals surface area (Å²) < 4.78 is 41.8. The highest BCUT2D eigenvalue weighted by Gasteiger charge is 2.44. The summed E-state index contributed by atoms with van der Waals surface area (Å²) >= 11 is 1.10. The number of carbonyl (C=O) groups excluding carboxylic acids is 1. The van der Waals surface area contributed by atoms with E-state index in [1.54, 1.807) is 6.07 Å². The van der Waals surface area contributed by atoms with E-state index in [9.17, 15) is 27.5 Å². The molecule has 5 rings (SSSR count). The van der Waals surface area contributed by atoms with Crippen molar-refractivity contribution in [3.8, 4) is 10.4 Å². The first-order valence-electron chi connectivity index (χ1n) is 12.3. The lowest BCUT2D eigenvalue weighted by atomic mass is 9.82. The molecule has 0 radical (unpaired) electrons. The zero-order valence-electron chi connectivity index (χ0n) is 20.0. The van der Waals surface area contributed by atoms with E-state index in [4.69, 9.17) is 0 Å². The second-order valence-corrected chi connectivity index (χ2v) is 12.5. The van der Waals surface area contributed by atoms with Gasteiger partial charge in [0.05, 0.1) is 23.2 Å². The van der Waals surface area contributed by atoms with Crippen LogP contribution < -0.4 is 4.90 Å². The third-order valence-corrected chi connectivity index (χ3v) is 10.1. The first kappa shape index (κ1) is 25.6. The van der Waals surface area contributed by atoms with E-state index in [0.717, 1.165) is 64.3 Å². The van der Waals surface area contributed by atoms with E-state index < -0.39 is 40.3 Å². The number of rotatable bonds is 6. The molecule has 2 aliphatic rings. The summed E-state index contributed by atoms with van der Waals surface area (Å²) in [6.45, 7) is -0.428. The Morgan fingerprint density at radius 1 is 1.00 bits per heavy atom. The molecule has 2 heterocycles. The molecule has 1 N–H and O–H groups in total. The summed E-state index contributed by atoms with van der Waals surface area (Å²) in [7, 11) is -4.13. The number of carboxylic acid groups (broad SMARTS) is 1. The lowest BCUT2D eigenvalue weighted by Gasteiger charge is -2.44. The van der Waals surface area contributed by atoms with Crippen LogP contribution in [0.4, 0.5) is 10.1 Å². The molecule has 2 fully saturated rings. The van der Waals surface area contributed by atoms with Gasteiger partial charge in [0.15, 0.2) is 0 Å². The summed E-state index contributed by atoms with van der Waals surface area (Å²) in [5.41, 5.74) is 1.15. The predicted octanol–water partition coefficient (Wildman–Crippen LogP) is 5.24. The number of nitrogens with zero attached hydrogens (tertiary/aromatic N) is 2. The minimum atomic E-state index is -4.13. The molecule has 1 saturated carbocycles. The Balaban J connectivity index is 1.56. The standard InChI is InChI=1S/C27H27FN2O5S2/c28-20-12-7-13-21(14-20)37(34,35)29-16-23(18-8-3-1-4-9-18)30(25(31)17-29)22-15-24(36-26(22)27(32)33)19-10-5-2-6-11-19/h2,5-7,10-15,18,23H,1,3-4,8-9,16-17H2,(H,32,33). The lowest BCUT2D eigenvalue weighted by molar-refractivity contribution is -0.121. The van der Waals surface area contributed by atoms with Gasteiger partial charge in [0, 0.05) is 11.4 Å². The van der Waals surface area contributed by atoms with Crippen molar-refractivity contribution < 1.29 is 27.5 Å². The fraction of sp³-hybridized carbons (Fsp3) is 0.333. The van der Waals surface area contributed by atoms with Crippen LogP contribution in [0.15, 0.2) is 65.6 Å². The average Bonchev–Trinajstić information content (AvgIpc) is 3.35. The van der Waals surface area contributed by atoms with Crippen LogP contribution in [-0.2, 0) is 14.8 Å². The molecule has 1 aliphatic carbocycles. The third-order valence-electron chi connectivity index (χ3n) is 7.16. The first-order chi connectivity index (χ1) is 17.8. The number of hydrogen-bond donors (Lipinski definition) is 1. The number of aromatic carboxylic acids is 1. The summed E-state index contributed by atoms with van der Waals surface area (Å²) in [5.74, 6) is -2.27. The lowest BCUT2D eigenvalue weighted by Crippen LogP contribution is -2.60. The van der Waals surface area contributed by atoms with Gasteiger partial charge in [-0.15, -0.1) is 11.3 Å². The van der Waals surface area contributed by atoms with Gasteiger partial charge in [0.2, 0.25) is 15.9 Å². The molecule has 1 aromatic heterocycles. The second-order valence-electron chi connectivity index (χ2n) is 9.48. The Morgan fingerprint density at radius 2 is 1.73 bits per heavy atom. The summed E-state index contributed by atoms with van der Waals surface area (Å²) in [6, 6.07) is 15.3. The molecule has 7 nitrogen and oxygen atoms in total. The van der Waals surface area contributed by atoms with Gasteiger partial charge >= 0.3 is 5.97 Å². The van der Waals surface area contributed by atoms with E-state index in [2.05, 4.69) is 0 Å². The van der Waals surface area contributed by atoms with E-state index in [1.807, 2.05) is 30.3 Å². The Morgan fingerprint density at radius 3 is 2.41 bits per heavy atom. The quantitative estimate of drug-likeness (QED) is 0.460. The van der Waals surface area contributed by atoms with E-state index >= 15 is 0 Å². The number of amides is 1. The highest BCUT2D eigenvalue weighted by atomic mass is 32.2. The fourth-order valence-corrected chi connectivity index (χ4v) is 7.81. The van der Waals surface area contributed by atoms with Crippen molar-refractivity contribution in [2.24, 2.45) is 5.92 Å². The second kappa shape index (κ2) is 10.4. The zero-order valence-corrected chi connectivity index (χ0v) is 21.7. The Labute approximate surface area is 219 Å². The third kappa shape index (κ3) is 5.05. The topological polar surface area (TPSA) is 95.0 Å². The molecule has 10 heteroatoms. The molecule has 0 bridgehead atoms. The van der Waals surface area contributed by atoms with Gasteiger partial charge in [0.1, 0.15) is 10.7 Å². The number of hydrogen-bond acceptors (Lipinski definition) is 5. The SMILES string of the molecule is O=C(O)c1sc(-c2ccccc2)cc1N1C(=O)CN(S(=O)(=O)c2cccc(F)c2)CC1C1CCCCC1. The predicted molar refractivity (Wildman–Crippen MR) is 140 cm³/mol. The van der Waals surface area contributed by atoms with Gasteiger partial charge in [0.25, 0.3) is 0 Å². The number of anilines is 1. The van der Waals surface area contributed by atoms with Gasteiger partial charge in [-0.25, -0.2) is 17.6 Å². The minimum absolute atomic E-state index is 0.0185. The maximum absolute atomic E-state index is 13.8. The van der Waals surface area contributed by atoms with E-state index in [1.165, 1.54) is 23.1 Å². The number of benzene rings is 2. The molecule has 2 aromatic carbocycles. The van der Waals surface area contributed by atoms with Gasteiger partial charge in [-0.2, -0.15) is 4.31 Å². The summed E-state index contributed by atoms with van der Waals surface area (Å²) in [6.07, 6.45) is 4.63. The first-order valence-corrected chi connectivity index (χ1v) is 14.5. The average molecular weight is 543 g/mol. The Hall–Kier alpha value is -3.08.